The Kier molecular flexibility index (Phi) is 3.05. The molecule has 0 aliphatic rings. The molecule has 0 saturated heterocycles. The molecule has 0 fully saturated rings. The number of pyridine rings is 1. The second-order valence-electron chi connectivity index (χ2n) is 5.12. The van der Waals surface area contributed by atoms with E-state index in [4.69, 9.17) is 0 Å². The van der Waals surface area contributed by atoms with Gasteiger partial charge in [-0.25, -0.2) is 9.37 Å². The van der Waals surface area contributed by atoms with Crippen molar-refractivity contribution < 1.29 is 4.39 Å². The van der Waals surface area contributed by atoms with Gasteiger partial charge >= 0.3 is 0 Å². The van der Waals surface area contributed by atoms with Gasteiger partial charge in [0.2, 0.25) is 5.65 Å². The molecule has 0 bridgehead atoms. The molecule has 0 aliphatic carbocycles. The van der Waals surface area contributed by atoms with E-state index in [1.165, 1.54) is 16.8 Å². The molecule has 7 heteroatoms. The third kappa shape index (κ3) is 2.00. The molecule has 0 radical (unpaired) electrons. The SMILES string of the molecule is Cc1ncccc1-n1c(=O)c2nccn2c2cc(F)c(Br)cc21. The molecule has 114 valence electrons. The molecule has 1 aromatic carbocycles. The van der Waals surface area contributed by atoms with Crippen LogP contribution < -0.4 is 5.56 Å². The predicted molar refractivity (Wildman–Crippen MR) is 88.5 cm³/mol. The number of benzene rings is 1. The number of hydrogen-bond acceptors (Lipinski definition) is 3. The Labute approximate surface area is 138 Å². The molecular formula is C16H10BrFN4O. The van der Waals surface area contributed by atoms with Gasteiger partial charge in [0.25, 0.3) is 5.56 Å². The summed E-state index contributed by atoms with van der Waals surface area (Å²) in [5.74, 6) is -0.402. The van der Waals surface area contributed by atoms with Crippen molar-refractivity contribution in [3.8, 4) is 5.69 Å². The van der Waals surface area contributed by atoms with Crippen LogP contribution in [0.5, 0.6) is 0 Å². The van der Waals surface area contributed by atoms with Gasteiger partial charge in [-0.1, -0.05) is 0 Å². The van der Waals surface area contributed by atoms with Crippen LogP contribution in [0.2, 0.25) is 0 Å². The zero-order valence-electron chi connectivity index (χ0n) is 12.0. The summed E-state index contributed by atoms with van der Waals surface area (Å²) in [7, 11) is 0. The number of halogens is 2. The second kappa shape index (κ2) is 4.99. The van der Waals surface area contributed by atoms with Crippen molar-refractivity contribution in [2.45, 2.75) is 6.92 Å². The van der Waals surface area contributed by atoms with Crippen LogP contribution in [-0.4, -0.2) is 18.9 Å². The summed E-state index contributed by atoms with van der Waals surface area (Å²) in [6, 6.07) is 6.54. The van der Waals surface area contributed by atoms with Crippen molar-refractivity contribution in [3.63, 3.8) is 0 Å². The number of imidazole rings is 1. The van der Waals surface area contributed by atoms with E-state index in [2.05, 4.69) is 25.9 Å². The number of rotatable bonds is 1. The summed E-state index contributed by atoms with van der Waals surface area (Å²) >= 11 is 3.19. The summed E-state index contributed by atoms with van der Waals surface area (Å²) in [5.41, 5.74) is 2.43. The van der Waals surface area contributed by atoms with E-state index in [0.717, 1.165) is 0 Å². The molecule has 4 rings (SSSR count). The van der Waals surface area contributed by atoms with E-state index in [9.17, 15) is 9.18 Å². The number of hydrogen-bond donors (Lipinski definition) is 0. The van der Waals surface area contributed by atoms with Crippen LogP contribution in [0.1, 0.15) is 5.69 Å². The lowest BCUT2D eigenvalue weighted by Gasteiger charge is -2.14. The van der Waals surface area contributed by atoms with Gasteiger partial charge in [-0.15, -0.1) is 0 Å². The maximum atomic E-state index is 14.0. The normalized spacial score (nSPS) is 11.4. The average molecular weight is 373 g/mol. The van der Waals surface area contributed by atoms with E-state index in [1.54, 1.807) is 35.0 Å². The maximum Gasteiger partial charge on any atom is 0.299 e. The van der Waals surface area contributed by atoms with Crippen LogP contribution in [0.4, 0.5) is 4.39 Å². The average Bonchev–Trinajstić information content (AvgIpc) is 3.01. The first-order valence-corrected chi connectivity index (χ1v) is 7.66. The summed E-state index contributed by atoms with van der Waals surface area (Å²) in [4.78, 5) is 21.2. The fraction of sp³-hybridized carbons (Fsp3) is 0.0625. The van der Waals surface area contributed by atoms with Crippen molar-refractivity contribution in [2.75, 3.05) is 0 Å². The first kappa shape index (κ1) is 14.1. The lowest BCUT2D eigenvalue weighted by molar-refractivity contribution is 0.622. The molecule has 0 unspecified atom stereocenters. The lowest BCUT2D eigenvalue weighted by atomic mass is 10.2. The molecule has 0 amide bonds. The zero-order valence-corrected chi connectivity index (χ0v) is 13.6. The van der Waals surface area contributed by atoms with Gasteiger partial charge in [0.05, 0.1) is 26.9 Å². The second-order valence-corrected chi connectivity index (χ2v) is 5.98. The van der Waals surface area contributed by atoms with Gasteiger partial charge in [-0.05, 0) is 41.1 Å². The summed E-state index contributed by atoms with van der Waals surface area (Å²) in [5, 5.41) is 0. The van der Waals surface area contributed by atoms with Crippen LogP contribution in [0, 0.1) is 12.7 Å². The third-order valence-corrected chi connectivity index (χ3v) is 4.38. The Morgan fingerprint density at radius 2 is 2.00 bits per heavy atom. The van der Waals surface area contributed by atoms with Gasteiger partial charge in [-0.3, -0.25) is 18.7 Å². The Morgan fingerprint density at radius 3 is 2.78 bits per heavy atom. The van der Waals surface area contributed by atoms with Gasteiger partial charge in [0, 0.05) is 24.7 Å². The minimum absolute atomic E-state index is 0.238. The van der Waals surface area contributed by atoms with Gasteiger partial charge in [-0.2, -0.15) is 0 Å². The van der Waals surface area contributed by atoms with Crippen molar-refractivity contribution in [1.29, 1.82) is 0 Å². The standard InChI is InChI=1S/C16H10BrFN4O/c1-9-12(3-2-4-19-9)22-14-7-10(17)11(18)8-13(14)21-6-5-20-15(21)16(22)23/h2-8H,1H3. The van der Waals surface area contributed by atoms with E-state index in [0.29, 0.717) is 26.9 Å². The molecule has 0 aliphatic heterocycles. The van der Waals surface area contributed by atoms with Crippen LogP contribution in [0.3, 0.4) is 0 Å². The highest BCUT2D eigenvalue weighted by Crippen LogP contribution is 2.25. The highest BCUT2D eigenvalue weighted by atomic mass is 79.9. The van der Waals surface area contributed by atoms with E-state index >= 15 is 0 Å². The fourth-order valence-electron chi connectivity index (χ4n) is 2.71. The van der Waals surface area contributed by atoms with Crippen LogP contribution in [0.15, 0.2) is 52.1 Å². The summed E-state index contributed by atoms with van der Waals surface area (Å²) in [6.45, 7) is 1.82. The van der Waals surface area contributed by atoms with E-state index in [-0.39, 0.29) is 11.2 Å². The van der Waals surface area contributed by atoms with Crippen molar-refractivity contribution in [2.24, 2.45) is 0 Å². The van der Waals surface area contributed by atoms with Gasteiger partial charge < -0.3 is 0 Å². The molecule has 5 nitrogen and oxygen atoms in total. The van der Waals surface area contributed by atoms with Crippen molar-refractivity contribution >= 4 is 32.6 Å². The molecule has 0 atom stereocenters. The number of nitrogens with zero attached hydrogens (tertiary/aromatic N) is 4. The van der Waals surface area contributed by atoms with Crippen LogP contribution in [0.25, 0.3) is 22.4 Å². The van der Waals surface area contributed by atoms with Crippen molar-refractivity contribution in [1.82, 2.24) is 18.9 Å². The maximum absolute atomic E-state index is 14.0. The number of aryl methyl sites for hydroxylation is 1. The Morgan fingerprint density at radius 1 is 1.17 bits per heavy atom. The van der Waals surface area contributed by atoms with Crippen LogP contribution >= 0.6 is 15.9 Å². The minimum Gasteiger partial charge on any atom is -0.293 e. The number of fused-ring (bicyclic) bond motifs is 3. The van der Waals surface area contributed by atoms with Gasteiger partial charge in [0.1, 0.15) is 5.82 Å². The topological polar surface area (TPSA) is 52.2 Å². The molecule has 23 heavy (non-hydrogen) atoms. The first-order chi connectivity index (χ1) is 11.1. The minimum atomic E-state index is -0.402. The van der Waals surface area contributed by atoms with Crippen LogP contribution in [-0.2, 0) is 0 Å². The molecule has 0 spiro atoms. The lowest BCUT2D eigenvalue weighted by Crippen LogP contribution is -2.22. The summed E-state index contributed by atoms with van der Waals surface area (Å²) in [6.07, 6.45) is 4.83. The number of aromatic nitrogens is 4. The quantitative estimate of drug-likeness (QED) is 0.515. The molecule has 0 N–H and O–H groups in total. The van der Waals surface area contributed by atoms with Crippen molar-refractivity contribution in [3.05, 3.63) is 69.2 Å². The van der Waals surface area contributed by atoms with Gasteiger partial charge in [0.15, 0.2) is 0 Å². The summed E-state index contributed by atoms with van der Waals surface area (Å²) < 4.78 is 17.4. The molecular weight excluding hydrogens is 363 g/mol. The fourth-order valence-corrected chi connectivity index (χ4v) is 3.05. The molecule has 0 saturated carbocycles. The zero-order chi connectivity index (χ0) is 16.1. The predicted octanol–water partition coefficient (Wildman–Crippen LogP) is 3.24. The smallest absolute Gasteiger partial charge is 0.293 e. The van der Waals surface area contributed by atoms with E-state index < -0.39 is 5.82 Å². The third-order valence-electron chi connectivity index (χ3n) is 3.77. The van der Waals surface area contributed by atoms with E-state index in [1.807, 2.05) is 6.92 Å². The molecule has 3 aromatic heterocycles. The molecule has 3 heterocycles. The Bertz CT molecular complexity index is 1130. The largest absolute Gasteiger partial charge is 0.299 e. The monoisotopic (exact) mass is 372 g/mol. The highest BCUT2D eigenvalue weighted by Gasteiger charge is 2.16. The Hall–Kier alpha value is -2.54. The Balaban J connectivity index is 2.30. The first-order valence-electron chi connectivity index (χ1n) is 6.87. The molecule has 4 aromatic rings. The highest BCUT2D eigenvalue weighted by molar-refractivity contribution is 9.10.